The minimum atomic E-state index is -3.30. The van der Waals surface area contributed by atoms with Crippen LogP contribution < -0.4 is 4.74 Å². The van der Waals surface area contributed by atoms with E-state index in [0.717, 1.165) is 24.0 Å². The Balaban J connectivity index is 1.60. The Morgan fingerprint density at radius 1 is 1.23 bits per heavy atom. The Hall–Kier alpha value is -2.45. The average molecular weight is 447 g/mol. The first-order chi connectivity index (χ1) is 14.6. The van der Waals surface area contributed by atoms with Gasteiger partial charge in [0.2, 0.25) is 10.0 Å². The van der Waals surface area contributed by atoms with Crippen LogP contribution in [-0.2, 0) is 23.1 Å². The Labute approximate surface area is 182 Å². The summed E-state index contributed by atoms with van der Waals surface area (Å²) >= 11 is 0. The van der Waals surface area contributed by atoms with Gasteiger partial charge in [-0.15, -0.1) is 0 Å². The van der Waals surface area contributed by atoms with Crippen molar-refractivity contribution >= 4 is 15.9 Å². The molecule has 2 aromatic rings. The van der Waals surface area contributed by atoms with Crippen LogP contribution in [0.1, 0.15) is 46.8 Å². The van der Waals surface area contributed by atoms with Gasteiger partial charge in [-0.3, -0.25) is 4.79 Å². The Morgan fingerprint density at radius 3 is 2.61 bits per heavy atom. The predicted octanol–water partition coefficient (Wildman–Crippen LogP) is 3.48. The summed E-state index contributed by atoms with van der Waals surface area (Å²) in [5.74, 6) is 0.00974. The number of halogens is 1. The smallest absolute Gasteiger partial charge is 0.254 e. The lowest BCUT2D eigenvalue weighted by Gasteiger charge is -2.26. The molecular formula is C23H27FN2O4S. The summed E-state index contributed by atoms with van der Waals surface area (Å²) in [6, 6.07) is 9.99. The van der Waals surface area contributed by atoms with Crippen molar-refractivity contribution in [2.24, 2.45) is 0 Å². The van der Waals surface area contributed by atoms with E-state index in [9.17, 15) is 17.6 Å². The number of sulfonamides is 1. The van der Waals surface area contributed by atoms with Gasteiger partial charge in [0.1, 0.15) is 18.2 Å². The number of hydrogen-bond donors (Lipinski definition) is 0. The predicted molar refractivity (Wildman–Crippen MR) is 116 cm³/mol. The van der Waals surface area contributed by atoms with Crippen molar-refractivity contribution < 1.29 is 22.3 Å². The van der Waals surface area contributed by atoms with Gasteiger partial charge in [-0.05, 0) is 62.1 Å². The summed E-state index contributed by atoms with van der Waals surface area (Å²) in [6.07, 6.45) is 3.00. The molecular weight excluding hydrogens is 419 g/mol. The van der Waals surface area contributed by atoms with Gasteiger partial charge in [0.05, 0.1) is 18.8 Å². The zero-order chi connectivity index (χ0) is 22.3. The van der Waals surface area contributed by atoms with Crippen LogP contribution in [0.15, 0.2) is 36.4 Å². The molecule has 0 aromatic heterocycles. The largest absolute Gasteiger partial charge is 0.491 e. The van der Waals surface area contributed by atoms with Crippen LogP contribution in [0.3, 0.4) is 0 Å². The molecule has 1 amide bonds. The summed E-state index contributed by atoms with van der Waals surface area (Å²) in [6.45, 7) is 4.48. The fraction of sp³-hybridized carbons (Fsp3) is 0.435. The number of rotatable bonds is 5. The summed E-state index contributed by atoms with van der Waals surface area (Å²) in [4.78, 5) is 14.8. The Morgan fingerprint density at radius 2 is 1.97 bits per heavy atom. The van der Waals surface area contributed by atoms with Crippen LogP contribution in [0, 0.1) is 12.7 Å². The minimum absolute atomic E-state index is 0.0691. The van der Waals surface area contributed by atoms with Gasteiger partial charge in [-0.25, -0.2) is 12.8 Å². The van der Waals surface area contributed by atoms with E-state index in [0.29, 0.717) is 36.6 Å². The molecule has 2 aromatic carbocycles. The third-order valence-corrected chi connectivity index (χ3v) is 7.16. The summed E-state index contributed by atoms with van der Waals surface area (Å²) in [7, 11) is -3.30. The van der Waals surface area contributed by atoms with Crippen LogP contribution in [0.4, 0.5) is 4.39 Å². The number of amides is 1. The highest BCUT2D eigenvalue weighted by molar-refractivity contribution is 7.88. The second-order valence-electron chi connectivity index (χ2n) is 8.54. The molecule has 0 unspecified atom stereocenters. The first-order valence-corrected chi connectivity index (χ1v) is 12.3. The maximum absolute atomic E-state index is 14.0. The van der Waals surface area contributed by atoms with Crippen LogP contribution >= 0.6 is 0 Å². The first-order valence-electron chi connectivity index (χ1n) is 10.4. The van der Waals surface area contributed by atoms with Gasteiger partial charge < -0.3 is 9.64 Å². The SMILES string of the molecule is Cc1ccc(C(=O)N2Cc3cc(CN(C4CC4)S(C)(=O)=O)ccc3OC[C@@H]2C)cc1F. The lowest BCUT2D eigenvalue weighted by Crippen LogP contribution is -2.39. The van der Waals surface area contributed by atoms with Gasteiger partial charge in [0.25, 0.3) is 5.91 Å². The average Bonchev–Trinajstić information content (AvgIpc) is 3.55. The Kier molecular flexibility index (Phi) is 5.79. The van der Waals surface area contributed by atoms with Crippen LogP contribution in [0.25, 0.3) is 0 Å². The van der Waals surface area contributed by atoms with E-state index in [-0.39, 0.29) is 18.0 Å². The second kappa shape index (κ2) is 8.24. The number of benzene rings is 2. The van der Waals surface area contributed by atoms with E-state index < -0.39 is 15.8 Å². The molecule has 1 saturated carbocycles. The number of hydrogen-bond acceptors (Lipinski definition) is 4. The molecule has 0 radical (unpaired) electrons. The van der Waals surface area contributed by atoms with Crippen molar-refractivity contribution in [1.29, 1.82) is 0 Å². The van der Waals surface area contributed by atoms with Gasteiger partial charge in [0.15, 0.2) is 0 Å². The van der Waals surface area contributed by atoms with E-state index in [2.05, 4.69) is 0 Å². The van der Waals surface area contributed by atoms with Gasteiger partial charge in [-0.1, -0.05) is 12.1 Å². The molecule has 1 fully saturated rings. The number of nitrogens with zero attached hydrogens (tertiary/aromatic N) is 2. The molecule has 166 valence electrons. The van der Waals surface area contributed by atoms with Crippen molar-refractivity contribution in [3.63, 3.8) is 0 Å². The maximum atomic E-state index is 14.0. The van der Waals surface area contributed by atoms with Crippen molar-refractivity contribution in [2.45, 2.75) is 51.9 Å². The van der Waals surface area contributed by atoms with Gasteiger partial charge >= 0.3 is 0 Å². The quantitative estimate of drug-likeness (QED) is 0.705. The van der Waals surface area contributed by atoms with Crippen LogP contribution in [-0.4, -0.2) is 48.5 Å². The molecule has 0 spiro atoms. The van der Waals surface area contributed by atoms with E-state index in [1.807, 2.05) is 25.1 Å². The molecule has 0 N–H and O–H groups in total. The van der Waals surface area contributed by atoms with Crippen molar-refractivity contribution in [3.8, 4) is 5.75 Å². The fourth-order valence-electron chi connectivity index (χ4n) is 3.86. The summed E-state index contributed by atoms with van der Waals surface area (Å²) < 4.78 is 45.8. The normalized spacial score (nSPS) is 19.0. The molecule has 1 atom stereocenters. The lowest BCUT2D eigenvalue weighted by molar-refractivity contribution is 0.0645. The minimum Gasteiger partial charge on any atom is -0.491 e. The van der Waals surface area contributed by atoms with Crippen LogP contribution in [0.2, 0.25) is 0 Å². The van der Waals surface area contributed by atoms with E-state index >= 15 is 0 Å². The molecule has 31 heavy (non-hydrogen) atoms. The van der Waals surface area contributed by atoms with Crippen LogP contribution in [0.5, 0.6) is 5.75 Å². The molecule has 1 aliphatic carbocycles. The molecule has 2 aliphatic rings. The maximum Gasteiger partial charge on any atom is 0.254 e. The van der Waals surface area contributed by atoms with Crippen molar-refractivity contribution in [3.05, 3.63) is 64.5 Å². The summed E-state index contributed by atoms with van der Waals surface area (Å²) in [5.41, 5.74) is 2.45. The molecule has 0 saturated heterocycles. The first kappa shape index (κ1) is 21.8. The van der Waals surface area contributed by atoms with E-state index in [1.54, 1.807) is 24.0 Å². The highest BCUT2D eigenvalue weighted by atomic mass is 32.2. The third kappa shape index (κ3) is 4.75. The molecule has 8 heteroatoms. The van der Waals surface area contributed by atoms with E-state index in [4.69, 9.17) is 4.74 Å². The number of carbonyl (C=O) groups is 1. The lowest BCUT2D eigenvalue weighted by atomic mass is 10.1. The van der Waals surface area contributed by atoms with Gasteiger partial charge in [0, 0.05) is 23.7 Å². The van der Waals surface area contributed by atoms with Gasteiger partial charge in [-0.2, -0.15) is 4.31 Å². The summed E-state index contributed by atoms with van der Waals surface area (Å²) in [5, 5.41) is 0. The van der Waals surface area contributed by atoms with Crippen molar-refractivity contribution in [2.75, 3.05) is 12.9 Å². The number of fused-ring (bicyclic) bond motifs is 1. The Bertz CT molecular complexity index is 1110. The monoisotopic (exact) mass is 446 g/mol. The zero-order valence-electron chi connectivity index (χ0n) is 18.0. The molecule has 0 bridgehead atoms. The van der Waals surface area contributed by atoms with E-state index in [1.165, 1.54) is 16.6 Å². The number of aryl methyl sites for hydroxylation is 1. The number of carbonyl (C=O) groups excluding carboxylic acids is 1. The molecule has 6 nitrogen and oxygen atoms in total. The standard InChI is InChI=1S/C23H27FN2O4S/c1-15-4-6-18(11-21(15)24)23(27)25-13-19-10-17(5-9-22(19)30-14-16(25)2)12-26(20-7-8-20)31(3,28)29/h4-6,9-11,16,20H,7-8,12-14H2,1-3H3/t16-/m0/s1. The second-order valence-corrected chi connectivity index (χ2v) is 10.5. The number of ether oxygens (including phenoxy) is 1. The fourth-order valence-corrected chi connectivity index (χ4v) is 4.99. The highest BCUT2D eigenvalue weighted by Crippen LogP contribution is 2.32. The zero-order valence-corrected chi connectivity index (χ0v) is 18.8. The topological polar surface area (TPSA) is 66.9 Å². The third-order valence-electron chi connectivity index (χ3n) is 5.88. The molecule has 4 rings (SSSR count). The molecule has 1 heterocycles. The highest BCUT2D eigenvalue weighted by Gasteiger charge is 2.35. The molecule has 1 aliphatic heterocycles. The van der Waals surface area contributed by atoms with Crippen molar-refractivity contribution in [1.82, 2.24) is 9.21 Å².